The van der Waals surface area contributed by atoms with Gasteiger partial charge in [-0.15, -0.1) is 0 Å². The number of fused-ring (bicyclic) bond motifs is 3. The first-order valence-corrected chi connectivity index (χ1v) is 13.1. The predicted octanol–water partition coefficient (Wildman–Crippen LogP) is 4.15. The maximum Gasteiger partial charge on any atom is 0.303 e. The molecule has 2 aromatic rings. The number of ether oxygens (including phenoxy) is 3. The number of para-hydroxylation sites is 1. The monoisotopic (exact) mass is 511 g/mol. The summed E-state index contributed by atoms with van der Waals surface area (Å²) in [5, 5.41) is 14.0. The number of hydrogen-bond donors (Lipinski definition) is 1. The fourth-order valence-corrected chi connectivity index (χ4v) is 6.51. The van der Waals surface area contributed by atoms with E-state index in [0.29, 0.717) is 43.2 Å². The minimum atomic E-state index is -0.853. The number of aromatic nitrogens is 2. The Kier molecular flexibility index (Phi) is 6.46. The molecule has 0 aliphatic carbocycles. The number of methoxy groups -OCH3 is 1. The highest BCUT2D eigenvalue weighted by molar-refractivity contribution is 5.97. The summed E-state index contributed by atoms with van der Waals surface area (Å²) < 4.78 is 20.6. The molecule has 4 heterocycles. The highest BCUT2D eigenvalue weighted by Crippen LogP contribution is 2.58. The summed E-state index contributed by atoms with van der Waals surface area (Å²) in [6.45, 7) is 10.5. The third-order valence-electron chi connectivity index (χ3n) is 8.45. The molecular weight excluding hydrogens is 474 g/mol. The first-order valence-electron chi connectivity index (χ1n) is 13.1. The number of carboxylic acid groups (broad SMARTS) is 1. The van der Waals surface area contributed by atoms with Crippen LogP contribution < -0.4 is 9.47 Å². The Balaban J connectivity index is 1.38. The van der Waals surface area contributed by atoms with Crippen molar-refractivity contribution in [2.75, 3.05) is 26.8 Å². The SMILES string of the molecule is CCCn1nc(C)c(C(=O)N2CC3(CO[C@H]4c5cccc(OC)c5O[C@](C)(CCC(=O)O)[C@@H]4C3)C2)c1C. The molecule has 2 saturated heterocycles. The molecule has 37 heavy (non-hydrogen) atoms. The number of carbonyl (C=O) groups excluding carboxylic acids is 1. The average Bonchev–Trinajstić information content (AvgIpc) is 3.13. The number of likely N-dealkylation sites (tertiary alicyclic amines) is 1. The third-order valence-corrected chi connectivity index (χ3v) is 8.45. The molecule has 0 saturated carbocycles. The van der Waals surface area contributed by atoms with Crippen molar-refractivity contribution in [2.24, 2.45) is 11.3 Å². The molecule has 2 fully saturated rings. The summed E-state index contributed by atoms with van der Waals surface area (Å²) in [7, 11) is 1.60. The van der Waals surface area contributed by atoms with E-state index >= 15 is 0 Å². The van der Waals surface area contributed by atoms with Gasteiger partial charge in [-0.05, 0) is 46.1 Å². The Labute approximate surface area is 217 Å². The lowest BCUT2D eigenvalue weighted by Crippen LogP contribution is -2.65. The van der Waals surface area contributed by atoms with E-state index in [2.05, 4.69) is 12.0 Å². The molecule has 3 atom stereocenters. The Hall–Kier alpha value is -3.07. The lowest BCUT2D eigenvalue weighted by atomic mass is 9.63. The van der Waals surface area contributed by atoms with Gasteiger partial charge in [-0.3, -0.25) is 14.3 Å². The van der Waals surface area contributed by atoms with Crippen LogP contribution in [-0.2, 0) is 16.1 Å². The topological polar surface area (TPSA) is 103 Å². The van der Waals surface area contributed by atoms with E-state index in [1.54, 1.807) is 7.11 Å². The van der Waals surface area contributed by atoms with E-state index in [0.717, 1.165) is 36.3 Å². The molecule has 1 amide bonds. The number of amides is 1. The third kappa shape index (κ3) is 4.27. The standard InChI is InChI=1S/C28H37N3O6/c1-6-12-31-18(3)23(17(2)29-31)26(34)30-14-28(15-30)13-20-24(36-16-28)19-8-7-9-21(35-5)25(19)37-27(20,4)11-10-22(32)33/h7-9,20,24H,6,10-16H2,1-5H3,(H,32,33)/t20-,24+,27-/m1/s1. The van der Waals surface area contributed by atoms with Crippen LogP contribution in [0.25, 0.3) is 0 Å². The molecule has 0 radical (unpaired) electrons. The average molecular weight is 512 g/mol. The van der Waals surface area contributed by atoms with Gasteiger partial charge in [0, 0.05) is 48.6 Å². The summed E-state index contributed by atoms with van der Waals surface area (Å²) in [4.78, 5) is 26.9. The minimum absolute atomic E-state index is 0.00210. The van der Waals surface area contributed by atoms with Crippen LogP contribution in [0.4, 0.5) is 0 Å². The lowest BCUT2D eigenvalue weighted by molar-refractivity contribution is -0.198. The van der Waals surface area contributed by atoms with Crippen molar-refractivity contribution in [3.8, 4) is 11.5 Å². The van der Waals surface area contributed by atoms with Crippen molar-refractivity contribution >= 4 is 11.9 Å². The largest absolute Gasteiger partial charge is 0.493 e. The van der Waals surface area contributed by atoms with Gasteiger partial charge in [0.1, 0.15) is 5.60 Å². The number of carbonyl (C=O) groups is 2. The molecular formula is C28H37N3O6. The van der Waals surface area contributed by atoms with E-state index in [1.165, 1.54) is 0 Å². The first-order chi connectivity index (χ1) is 17.6. The predicted molar refractivity (Wildman–Crippen MR) is 136 cm³/mol. The van der Waals surface area contributed by atoms with Gasteiger partial charge >= 0.3 is 5.97 Å². The van der Waals surface area contributed by atoms with Crippen LogP contribution in [0.15, 0.2) is 18.2 Å². The van der Waals surface area contributed by atoms with E-state index in [-0.39, 0.29) is 29.8 Å². The van der Waals surface area contributed by atoms with Crippen LogP contribution in [0.5, 0.6) is 11.5 Å². The van der Waals surface area contributed by atoms with Crippen LogP contribution in [0, 0.1) is 25.2 Å². The van der Waals surface area contributed by atoms with Gasteiger partial charge in [0.25, 0.3) is 5.91 Å². The van der Waals surface area contributed by atoms with Gasteiger partial charge in [-0.2, -0.15) is 5.10 Å². The Morgan fingerprint density at radius 3 is 2.70 bits per heavy atom. The summed E-state index contributed by atoms with van der Waals surface area (Å²) in [5.74, 6) is 0.377. The summed E-state index contributed by atoms with van der Waals surface area (Å²) >= 11 is 0. The summed E-state index contributed by atoms with van der Waals surface area (Å²) in [6.07, 6.45) is 1.89. The number of nitrogens with zero attached hydrogens (tertiary/aromatic N) is 3. The van der Waals surface area contributed by atoms with Crippen molar-refractivity contribution in [3.63, 3.8) is 0 Å². The fourth-order valence-electron chi connectivity index (χ4n) is 6.51. The highest BCUT2D eigenvalue weighted by atomic mass is 16.5. The Morgan fingerprint density at radius 2 is 2.03 bits per heavy atom. The maximum absolute atomic E-state index is 13.5. The number of aliphatic carboxylic acids is 1. The second-order valence-electron chi connectivity index (χ2n) is 11.2. The van der Waals surface area contributed by atoms with Crippen molar-refractivity contribution in [2.45, 2.75) is 71.6 Å². The molecule has 9 nitrogen and oxygen atoms in total. The molecule has 3 aliphatic heterocycles. The van der Waals surface area contributed by atoms with Gasteiger partial charge in [-0.25, -0.2) is 0 Å². The van der Waals surface area contributed by atoms with Crippen molar-refractivity contribution in [3.05, 3.63) is 40.7 Å². The quantitative estimate of drug-likeness (QED) is 0.596. The summed E-state index contributed by atoms with van der Waals surface area (Å²) in [5.41, 5.74) is 2.40. The normalized spacial score (nSPS) is 25.6. The highest BCUT2D eigenvalue weighted by Gasteiger charge is 2.58. The number of hydrogen-bond acceptors (Lipinski definition) is 6. The molecule has 1 spiro atoms. The molecule has 5 rings (SSSR count). The Bertz CT molecular complexity index is 1220. The Morgan fingerprint density at radius 1 is 1.27 bits per heavy atom. The van der Waals surface area contributed by atoms with E-state index in [9.17, 15) is 14.7 Å². The zero-order valence-corrected chi connectivity index (χ0v) is 22.4. The van der Waals surface area contributed by atoms with Crippen LogP contribution in [-0.4, -0.2) is 64.1 Å². The van der Waals surface area contributed by atoms with Gasteiger partial charge < -0.3 is 24.2 Å². The zero-order valence-electron chi connectivity index (χ0n) is 22.4. The molecule has 0 unspecified atom stereocenters. The second-order valence-corrected chi connectivity index (χ2v) is 11.2. The number of carboxylic acids is 1. The molecule has 0 bridgehead atoms. The van der Waals surface area contributed by atoms with Crippen LogP contribution in [0.3, 0.4) is 0 Å². The van der Waals surface area contributed by atoms with Gasteiger partial charge in [0.2, 0.25) is 0 Å². The van der Waals surface area contributed by atoms with Crippen molar-refractivity contribution < 1.29 is 28.9 Å². The van der Waals surface area contributed by atoms with E-state index in [4.69, 9.17) is 14.2 Å². The van der Waals surface area contributed by atoms with Gasteiger partial charge in [0.15, 0.2) is 11.5 Å². The number of aryl methyl sites for hydroxylation is 2. The molecule has 1 aromatic carbocycles. The van der Waals surface area contributed by atoms with Crippen molar-refractivity contribution in [1.82, 2.24) is 14.7 Å². The van der Waals surface area contributed by atoms with Crippen LogP contribution >= 0.6 is 0 Å². The molecule has 9 heteroatoms. The van der Waals surface area contributed by atoms with Crippen LogP contribution in [0.1, 0.15) is 72.9 Å². The zero-order chi connectivity index (χ0) is 26.5. The second kappa shape index (κ2) is 9.35. The molecule has 200 valence electrons. The summed E-state index contributed by atoms with van der Waals surface area (Å²) in [6, 6.07) is 5.78. The van der Waals surface area contributed by atoms with E-state index in [1.807, 2.05) is 48.6 Å². The maximum atomic E-state index is 13.5. The van der Waals surface area contributed by atoms with E-state index < -0.39 is 11.6 Å². The van der Waals surface area contributed by atoms with Crippen molar-refractivity contribution in [1.29, 1.82) is 0 Å². The fraction of sp³-hybridized carbons (Fsp3) is 0.607. The number of benzene rings is 1. The number of rotatable bonds is 7. The first kappa shape index (κ1) is 25.6. The van der Waals surface area contributed by atoms with Gasteiger partial charge in [0.05, 0.1) is 31.1 Å². The minimum Gasteiger partial charge on any atom is -0.493 e. The smallest absolute Gasteiger partial charge is 0.303 e. The van der Waals surface area contributed by atoms with Crippen LogP contribution in [0.2, 0.25) is 0 Å². The molecule has 3 aliphatic rings. The molecule has 1 aromatic heterocycles. The lowest BCUT2D eigenvalue weighted by Gasteiger charge is -2.59. The molecule has 1 N–H and O–H groups in total. The van der Waals surface area contributed by atoms with Gasteiger partial charge in [-0.1, -0.05) is 19.1 Å².